The molecule has 0 amide bonds. The zero-order valence-electron chi connectivity index (χ0n) is 14.2. The van der Waals surface area contributed by atoms with Gasteiger partial charge in [-0.25, -0.2) is 0 Å². The smallest absolute Gasteiger partial charge is 0.0681 e. The van der Waals surface area contributed by atoms with E-state index in [0.29, 0.717) is 0 Å². The molecule has 23 heavy (non-hydrogen) atoms. The molecule has 122 valence electrons. The van der Waals surface area contributed by atoms with Crippen molar-refractivity contribution in [3.63, 3.8) is 0 Å². The summed E-state index contributed by atoms with van der Waals surface area (Å²) >= 11 is 0. The maximum Gasteiger partial charge on any atom is 0.0681 e. The maximum atomic E-state index is 9.13. The molecular formula is C22H28O. The Morgan fingerprint density at radius 2 is 1.39 bits per heavy atom. The van der Waals surface area contributed by atoms with Gasteiger partial charge in [0.05, 0.1) is 6.61 Å². The maximum absolute atomic E-state index is 9.13. The predicted molar refractivity (Wildman–Crippen MR) is 97.4 cm³/mol. The van der Waals surface area contributed by atoms with E-state index in [1.807, 2.05) is 12.1 Å². The third kappa shape index (κ3) is 4.03. The fraction of sp³-hybridized carbons (Fsp3) is 0.455. The third-order valence-electron chi connectivity index (χ3n) is 5.40. The van der Waals surface area contributed by atoms with E-state index in [9.17, 15) is 0 Å². The molecule has 1 aliphatic rings. The molecule has 1 aliphatic carbocycles. The first-order valence-corrected chi connectivity index (χ1v) is 9.10. The quantitative estimate of drug-likeness (QED) is 0.727. The summed E-state index contributed by atoms with van der Waals surface area (Å²) in [7, 11) is 0. The van der Waals surface area contributed by atoms with Crippen molar-refractivity contribution in [1.82, 2.24) is 0 Å². The summed E-state index contributed by atoms with van der Waals surface area (Å²) in [6, 6.07) is 17.3. The van der Waals surface area contributed by atoms with Crippen LogP contribution in [0, 0.1) is 5.92 Å². The Bertz CT molecular complexity index is 589. The van der Waals surface area contributed by atoms with Crippen LogP contribution in [0.3, 0.4) is 0 Å². The second-order valence-corrected chi connectivity index (χ2v) is 6.98. The first-order valence-electron chi connectivity index (χ1n) is 9.10. The Balaban J connectivity index is 1.65. The van der Waals surface area contributed by atoms with Crippen LogP contribution < -0.4 is 0 Å². The van der Waals surface area contributed by atoms with Gasteiger partial charge in [0.2, 0.25) is 0 Å². The van der Waals surface area contributed by atoms with Crippen molar-refractivity contribution < 1.29 is 5.11 Å². The number of aliphatic hydroxyl groups is 1. The van der Waals surface area contributed by atoms with E-state index in [1.165, 1.54) is 55.2 Å². The SMILES string of the molecule is CCCC1CCC(c2ccc(-c3ccc(CO)cc3)cc2)CC1. The predicted octanol–water partition coefficient (Wildman–Crippen LogP) is 5.92. The van der Waals surface area contributed by atoms with E-state index in [4.69, 9.17) is 5.11 Å². The van der Waals surface area contributed by atoms with Crippen LogP contribution in [-0.2, 0) is 6.61 Å². The van der Waals surface area contributed by atoms with Gasteiger partial charge in [-0.05, 0) is 59.8 Å². The van der Waals surface area contributed by atoms with Gasteiger partial charge in [0.1, 0.15) is 0 Å². The molecule has 1 nitrogen and oxygen atoms in total. The molecule has 1 saturated carbocycles. The molecule has 2 aromatic carbocycles. The van der Waals surface area contributed by atoms with Crippen LogP contribution in [0.2, 0.25) is 0 Å². The van der Waals surface area contributed by atoms with Crippen molar-refractivity contribution in [1.29, 1.82) is 0 Å². The highest BCUT2D eigenvalue weighted by molar-refractivity contribution is 5.64. The number of benzene rings is 2. The summed E-state index contributed by atoms with van der Waals surface area (Å²) in [4.78, 5) is 0. The number of aliphatic hydroxyl groups excluding tert-OH is 1. The Kier molecular flexibility index (Phi) is 5.51. The summed E-state index contributed by atoms with van der Waals surface area (Å²) in [5.74, 6) is 1.73. The normalized spacial score (nSPS) is 21.3. The molecular weight excluding hydrogens is 280 g/mol. The highest BCUT2D eigenvalue weighted by Gasteiger charge is 2.21. The lowest BCUT2D eigenvalue weighted by atomic mass is 9.77. The Morgan fingerprint density at radius 3 is 1.91 bits per heavy atom. The lowest BCUT2D eigenvalue weighted by molar-refractivity contribution is 0.282. The van der Waals surface area contributed by atoms with Crippen molar-refractivity contribution in [2.75, 3.05) is 0 Å². The zero-order valence-corrected chi connectivity index (χ0v) is 14.2. The molecule has 0 heterocycles. The molecule has 0 bridgehead atoms. The fourth-order valence-electron chi connectivity index (χ4n) is 3.94. The van der Waals surface area contributed by atoms with E-state index in [1.54, 1.807) is 0 Å². The molecule has 1 heteroatoms. The molecule has 0 aromatic heterocycles. The van der Waals surface area contributed by atoms with Gasteiger partial charge in [0.25, 0.3) is 0 Å². The molecule has 2 aromatic rings. The molecule has 0 atom stereocenters. The standard InChI is InChI=1S/C22H28O/c1-2-3-17-4-8-19(9-5-17)21-12-14-22(15-13-21)20-10-6-18(16-23)7-11-20/h6-7,10-15,17,19,23H,2-5,8-9,16H2,1H3. The minimum Gasteiger partial charge on any atom is -0.392 e. The molecule has 0 saturated heterocycles. The van der Waals surface area contributed by atoms with Crippen LogP contribution in [0.1, 0.15) is 62.5 Å². The van der Waals surface area contributed by atoms with Gasteiger partial charge in [-0.3, -0.25) is 0 Å². The van der Waals surface area contributed by atoms with Gasteiger partial charge in [0, 0.05) is 0 Å². The molecule has 0 aliphatic heterocycles. The summed E-state index contributed by atoms with van der Waals surface area (Å²) in [5, 5.41) is 9.13. The highest BCUT2D eigenvalue weighted by Crippen LogP contribution is 2.37. The zero-order chi connectivity index (χ0) is 16.1. The van der Waals surface area contributed by atoms with Crippen molar-refractivity contribution in [3.05, 3.63) is 59.7 Å². The van der Waals surface area contributed by atoms with E-state index in [0.717, 1.165) is 17.4 Å². The minimum absolute atomic E-state index is 0.111. The number of hydrogen-bond acceptors (Lipinski definition) is 1. The number of hydrogen-bond donors (Lipinski definition) is 1. The van der Waals surface area contributed by atoms with Gasteiger partial charge in [-0.1, -0.05) is 68.3 Å². The second kappa shape index (κ2) is 7.79. The van der Waals surface area contributed by atoms with Gasteiger partial charge >= 0.3 is 0 Å². The highest BCUT2D eigenvalue weighted by atomic mass is 16.3. The van der Waals surface area contributed by atoms with Crippen molar-refractivity contribution in [2.24, 2.45) is 5.92 Å². The summed E-state index contributed by atoms with van der Waals surface area (Å²) < 4.78 is 0. The largest absolute Gasteiger partial charge is 0.392 e. The van der Waals surface area contributed by atoms with E-state index in [-0.39, 0.29) is 6.61 Å². The van der Waals surface area contributed by atoms with E-state index < -0.39 is 0 Å². The molecule has 0 spiro atoms. The summed E-state index contributed by atoms with van der Waals surface area (Å²) in [5.41, 5.74) is 4.96. The minimum atomic E-state index is 0.111. The molecule has 0 radical (unpaired) electrons. The average Bonchev–Trinajstić information content (AvgIpc) is 2.63. The molecule has 1 N–H and O–H groups in total. The van der Waals surface area contributed by atoms with Crippen LogP contribution in [0.15, 0.2) is 48.5 Å². The second-order valence-electron chi connectivity index (χ2n) is 6.98. The van der Waals surface area contributed by atoms with Crippen LogP contribution in [0.5, 0.6) is 0 Å². The molecule has 3 rings (SSSR count). The summed E-state index contributed by atoms with van der Waals surface area (Å²) in [6.07, 6.45) is 8.27. The third-order valence-corrected chi connectivity index (χ3v) is 5.40. The van der Waals surface area contributed by atoms with Crippen LogP contribution in [0.25, 0.3) is 11.1 Å². The Morgan fingerprint density at radius 1 is 0.826 bits per heavy atom. The first kappa shape index (κ1) is 16.3. The Labute approximate surface area is 140 Å². The molecule has 0 unspecified atom stereocenters. The lowest BCUT2D eigenvalue weighted by Crippen LogP contribution is -2.13. The Hall–Kier alpha value is -1.60. The van der Waals surface area contributed by atoms with Crippen molar-refractivity contribution >= 4 is 0 Å². The van der Waals surface area contributed by atoms with E-state index in [2.05, 4.69) is 43.3 Å². The van der Waals surface area contributed by atoms with Crippen LogP contribution >= 0.6 is 0 Å². The monoisotopic (exact) mass is 308 g/mol. The van der Waals surface area contributed by atoms with E-state index >= 15 is 0 Å². The summed E-state index contributed by atoms with van der Waals surface area (Å²) in [6.45, 7) is 2.41. The van der Waals surface area contributed by atoms with Gasteiger partial charge in [0.15, 0.2) is 0 Å². The number of rotatable bonds is 5. The molecule has 1 fully saturated rings. The van der Waals surface area contributed by atoms with Crippen molar-refractivity contribution in [2.45, 2.75) is 58.0 Å². The van der Waals surface area contributed by atoms with Crippen LogP contribution in [-0.4, -0.2) is 5.11 Å². The van der Waals surface area contributed by atoms with Gasteiger partial charge in [-0.2, -0.15) is 0 Å². The first-order chi connectivity index (χ1) is 11.3. The van der Waals surface area contributed by atoms with Crippen LogP contribution in [0.4, 0.5) is 0 Å². The van der Waals surface area contributed by atoms with Gasteiger partial charge < -0.3 is 5.11 Å². The topological polar surface area (TPSA) is 20.2 Å². The van der Waals surface area contributed by atoms with Gasteiger partial charge in [-0.15, -0.1) is 0 Å². The lowest BCUT2D eigenvalue weighted by Gasteiger charge is -2.28. The van der Waals surface area contributed by atoms with Crippen molar-refractivity contribution in [3.8, 4) is 11.1 Å². The average molecular weight is 308 g/mol. The fourth-order valence-corrected chi connectivity index (χ4v) is 3.94.